The van der Waals surface area contributed by atoms with Crippen molar-refractivity contribution in [3.63, 3.8) is 0 Å². The monoisotopic (exact) mass is 345 g/mol. The minimum absolute atomic E-state index is 0.0875. The first-order chi connectivity index (χ1) is 11.9. The molecule has 1 heterocycles. The molecule has 0 fully saturated rings. The van der Waals surface area contributed by atoms with Crippen LogP contribution >= 0.6 is 0 Å². The second-order valence-corrected chi connectivity index (χ2v) is 5.79. The minimum Gasteiger partial charge on any atom is -0.496 e. The Balaban J connectivity index is 2.32. The highest BCUT2D eigenvalue weighted by atomic mass is 16.5. The van der Waals surface area contributed by atoms with Crippen LogP contribution in [0, 0.1) is 6.92 Å². The second-order valence-electron chi connectivity index (χ2n) is 5.79. The van der Waals surface area contributed by atoms with Crippen molar-refractivity contribution < 1.29 is 19.1 Å². The van der Waals surface area contributed by atoms with Crippen LogP contribution in [-0.2, 0) is 11.3 Å². The Kier molecular flexibility index (Phi) is 5.80. The maximum atomic E-state index is 12.6. The van der Waals surface area contributed by atoms with E-state index in [-0.39, 0.29) is 17.7 Å². The van der Waals surface area contributed by atoms with Crippen LogP contribution in [0.2, 0.25) is 0 Å². The number of carbonyl (C=O) groups is 2. The van der Waals surface area contributed by atoms with Gasteiger partial charge in [-0.05, 0) is 39.8 Å². The Hall–Kier alpha value is -2.83. The van der Waals surface area contributed by atoms with E-state index in [0.29, 0.717) is 23.5 Å². The molecule has 1 amide bonds. The van der Waals surface area contributed by atoms with Crippen molar-refractivity contribution in [1.29, 1.82) is 0 Å². The van der Waals surface area contributed by atoms with Crippen molar-refractivity contribution in [2.45, 2.75) is 40.3 Å². The number of rotatable bonds is 6. The molecular formula is C18H23N3O4. The molecule has 2 aromatic rings. The summed E-state index contributed by atoms with van der Waals surface area (Å²) < 4.78 is 12.0. The molecule has 0 saturated carbocycles. The van der Waals surface area contributed by atoms with Gasteiger partial charge in [-0.1, -0.05) is 6.07 Å². The topological polar surface area (TPSA) is 82.5 Å². The first-order valence-electron chi connectivity index (χ1n) is 8.10. The summed E-state index contributed by atoms with van der Waals surface area (Å²) in [5, 5.41) is 6.94. The van der Waals surface area contributed by atoms with Gasteiger partial charge in [-0.25, -0.2) is 4.79 Å². The van der Waals surface area contributed by atoms with E-state index in [1.54, 1.807) is 57.0 Å². The summed E-state index contributed by atoms with van der Waals surface area (Å²) in [6.07, 6.45) is 1.34. The third-order valence-electron chi connectivity index (χ3n) is 3.62. The molecular weight excluding hydrogens is 322 g/mol. The number of hydrogen-bond donors (Lipinski definition) is 1. The number of aromatic nitrogens is 2. The van der Waals surface area contributed by atoms with Gasteiger partial charge >= 0.3 is 5.97 Å². The number of hydrogen-bond acceptors (Lipinski definition) is 5. The van der Waals surface area contributed by atoms with Crippen LogP contribution in [0.3, 0.4) is 0 Å². The lowest BCUT2D eigenvalue weighted by molar-refractivity contribution is 0.0371. The third kappa shape index (κ3) is 4.17. The summed E-state index contributed by atoms with van der Waals surface area (Å²) in [6.45, 7) is 7.77. The summed E-state index contributed by atoms with van der Waals surface area (Å²) in [5.74, 6) is -0.290. The molecule has 2 rings (SSSR count). The molecule has 0 aliphatic rings. The van der Waals surface area contributed by atoms with Crippen LogP contribution in [-0.4, -0.2) is 34.9 Å². The van der Waals surface area contributed by atoms with E-state index in [9.17, 15) is 9.59 Å². The Morgan fingerprint density at radius 3 is 2.64 bits per heavy atom. The molecule has 7 nitrogen and oxygen atoms in total. The Labute approximate surface area is 146 Å². The number of aryl methyl sites for hydroxylation is 1. The van der Waals surface area contributed by atoms with Gasteiger partial charge in [-0.15, -0.1) is 0 Å². The van der Waals surface area contributed by atoms with Gasteiger partial charge in [0.15, 0.2) is 5.69 Å². The highest BCUT2D eigenvalue weighted by Gasteiger charge is 2.22. The summed E-state index contributed by atoms with van der Waals surface area (Å²) in [5.41, 5.74) is 1.59. The molecule has 0 aliphatic heterocycles. The number of carbonyl (C=O) groups excluding carboxylic acids is 2. The van der Waals surface area contributed by atoms with Gasteiger partial charge in [0.1, 0.15) is 5.75 Å². The number of nitrogens with zero attached hydrogens (tertiary/aromatic N) is 2. The summed E-state index contributed by atoms with van der Waals surface area (Å²) >= 11 is 0. The number of anilines is 1. The van der Waals surface area contributed by atoms with Crippen molar-refractivity contribution >= 4 is 17.6 Å². The predicted molar refractivity (Wildman–Crippen MR) is 94.1 cm³/mol. The van der Waals surface area contributed by atoms with Crippen molar-refractivity contribution in [2.75, 3.05) is 12.4 Å². The molecule has 0 radical (unpaired) electrons. The van der Waals surface area contributed by atoms with Gasteiger partial charge < -0.3 is 14.8 Å². The van der Waals surface area contributed by atoms with E-state index in [0.717, 1.165) is 5.56 Å². The number of esters is 1. The molecule has 1 N–H and O–H groups in total. The molecule has 134 valence electrons. The van der Waals surface area contributed by atoms with Crippen molar-refractivity contribution in [3.8, 4) is 5.75 Å². The standard InChI is InChI=1S/C18H23N3O4/c1-6-21-10-14(16(20-21)18(23)25-11(2)3)19-17(22)13-8-7-9-15(24-5)12(13)4/h7-11H,6H2,1-5H3,(H,19,22). The van der Waals surface area contributed by atoms with Crippen LogP contribution in [0.5, 0.6) is 5.75 Å². The molecule has 0 unspecified atom stereocenters. The van der Waals surface area contributed by atoms with E-state index in [4.69, 9.17) is 9.47 Å². The molecule has 0 saturated heterocycles. The van der Waals surface area contributed by atoms with Gasteiger partial charge in [-0.3, -0.25) is 9.48 Å². The van der Waals surface area contributed by atoms with Crippen molar-refractivity contribution in [3.05, 3.63) is 41.2 Å². The molecule has 0 aliphatic carbocycles. The van der Waals surface area contributed by atoms with Crippen molar-refractivity contribution in [1.82, 2.24) is 9.78 Å². The number of amides is 1. The number of nitrogens with one attached hydrogen (secondary N) is 1. The fourth-order valence-corrected chi connectivity index (χ4v) is 2.37. The predicted octanol–water partition coefficient (Wildman–Crippen LogP) is 3.04. The largest absolute Gasteiger partial charge is 0.496 e. The first kappa shape index (κ1) is 18.5. The SMILES string of the molecule is CCn1cc(NC(=O)c2cccc(OC)c2C)c(C(=O)OC(C)C)n1. The molecule has 1 aromatic heterocycles. The Morgan fingerprint density at radius 2 is 2.04 bits per heavy atom. The average Bonchev–Trinajstić information content (AvgIpc) is 2.97. The third-order valence-corrected chi connectivity index (χ3v) is 3.62. The highest BCUT2D eigenvalue weighted by molar-refractivity contribution is 6.08. The van der Waals surface area contributed by atoms with Crippen LogP contribution in [0.15, 0.2) is 24.4 Å². The van der Waals surface area contributed by atoms with Crippen LogP contribution in [0.25, 0.3) is 0 Å². The minimum atomic E-state index is -0.570. The molecule has 7 heteroatoms. The first-order valence-corrected chi connectivity index (χ1v) is 8.10. The van der Waals surface area contributed by atoms with Gasteiger partial charge in [-0.2, -0.15) is 5.10 Å². The van der Waals surface area contributed by atoms with Gasteiger partial charge in [0, 0.05) is 23.9 Å². The zero-order valence-electron chi connectivity index (χ0n) is 15.1. The molecule has 0 bridgehead atoms. The van der Waals surface area contributed by atoms with E-state index in [2.05, 4.69) is 10.4 Å². The molecule has 0 spiro atoms. The van der Waals surface area contributed by atoms with Crippen LogP contribution < -0.4 is 10.1 Å². The lowest BCUT2D eigenvalue weighted by Crippen LogP contribution is -2.18. The fourth-order valence-electron chi connectivity index (χ4n) is 2.37. The highest BCUT2D eigenvalue weighted by Crippen LogP contribution is 2.23. The van der Waals surface area contributed by atoms with E-state index >= 15 is 0 Å². The lowest BCUT2D eigenvalue weighted by Gasteiger charge is -2.11. The normalized spacial score (nSPS) is 10.6. The smallest absolute Gasteiger partial charge is 0.361 e. The zero-order valence-corrected chi connectivity index (χ0v) is 15.1. The van der Waals surface area contributed by atoms with E-state index in [1.165, 1.54) is 0 Å². The van der Waals surface area contributed by atoms with Crippen molar-refractivity contribution in [2.24, 2.45) is 0 Å². The fraction of sp³-hybridized carbons (Fsp3) is 0.389. The molecule has 1 aromatic carbocycles. The van der Waals surface area contributed by atoms with Gasteiger partial charge in [0.05, 0.1) is 18.9 Å². The average molecular weight is 345 g/mol. The number of ether oxygens (including phenoxy) is 2. The zero-order chi connectivity index (χ0) is 18.6. The summed E-state index contributed by atoms with van der Waals surface area (Å²) in [6, 6.07) is 5.22. The van der Waals surface area contributed by atoms with Crippen LogP contribution in [0.4, 0.5) is 5.69 Å². The van der Waals surface area contributed by atoms with Gasteiger partial charge in [0.2, 0.25) is 0 Å². The Morgan fingerprint density at radius 1 is 1.32 bits per heavy atom. The number of benzene rings is 1. The van der Waals surface area contributed by atoms with Gasteiger partial charge in [0.25, 0.3) is 5.91 Å². The van der Waals surface area contributed by atoms with E-state index < -0.39 is 5.97 Å². The quantitative estimate of drug-likeness (QED) is 0.814. The van der Waals surface area contributed by atoms with E-state index in [1.807, 2.05) is 6.92 Å². The number of methoxy groups -OCH3 is 1. The lowest BCUT2D eigenvalue weighted by atomic mass is 10.1. The Bertz CT molecular complexity index is 781. The maximum Gasteiger partial charge on any atom is 0.361 e. The summed E-state index contributed by atoms with van der Waals surface area (Å²) in [7, 11) is 1.55. The second kappa shape index (κ2) is 7.83. The van der Waals surface area contributed by atoms with Crippen LogP contribution in [0.1, 0.15) is 47.2 Å². The maximum absolute atomic E-state index is 12.6. The molecule has 25 heavy (non-hydrogen) atoms. The molecule has 0 atom stereocenters. The summed E-state index contributed by atoms with van der Waals surface area (Å²) in [4.78, 5) is 24.9.